The molecule has 0 aliphatic heterocycles. The van der Waals surface area contributed by atoms with Crippen LogP contribution in [0.1, 0.15) is 34.5 Å². The molecule has 0 fully saturated rings. The molecule has 4 N–H and O–H groups in total. The third-order valence-corrected chi connectivity index (χ3v) is 3.51. The van der Waals surface area contributed by atoms with E-state index in [9.17, 15) is 19.7 Å². The van der Waals surface area contributed by atoms with E-state index in [2.05, 4.69) is 4.98 Å². The number of hydrogen-bond acceptors (Lipinski definition) is 4. The number of aliphatic carboxylic acids is 1. The lowest BCUT2D eigenvalue weighted by Crippen LogP contribution is -2.14. The van der Waals surface area contributed by atoms with Gasteiger partial charge in [-0.3, -0.25) is 19.7 Å². The van der Waals surface area contributed by atoms with E-state index in [0.29, 0.717) is 16.5 Å². The first-order valence-corrected chi connectivity index (χ1v) is 6.63. The lowest BCUT2D eigenvalue weighted by molar-refractivity contribution is -0.383. The van der Waals surface area contributed by atoms with Gasteiger partial charge in [-0.15, -0.1) is 0 Å². The number of amides is 1. The number of nitrogens with one attached hydrogen (secondary N) is 1. The second-order valence-corrected chi connectivity index (χ2v) is 5.00. The molecule has 2 rings (SSSR count). The van der Waals surface area contributed by atoms with Gasteiger partial charge < -0.3 is 15.8 Å². The van der Waals surface area contributed by atoms with Gasteiger partial charge in [0.2, 0.25) is 0 Å². The van der Waals surface area contributed by atoms with E-state index in [0.717, 1.165) is 5.56 Å². The normalized spacial score (nSPS) is 10.8. The molecule has 1 amide bonds. The summed E-state index contributed by atoms with van der Waals surface area (Å²) < 4.78 is 0. The highest BCUT2D eigenvalue weighted by atomic mass is 16.6. The minimum absolute atomic E-state index is 0.0928. The second kappa shape index (κ2) is 5.84. The molecule has 0 unspecified atom stereocenters. The number of nitro benzene ring substituents is 1. The van der Waals surface area contributed by atoms with Crippen molar-refractivity contribution in [2.45, 2.75) is 26.2 Å². The van der Waals surface area contributed by atoms with Crippen LogP contribution in [0.3, 0.4) is 0 Å². The van der Waals surface area contributed by atoms with Crippen LogP contribution >= 0.6 is 0 Å². The molecule has 8 nitrogen and oxygen atoms in total. The van der Waals surface area contributed by atoms with Crippen LogP contribution in [0.15, 0.2) is 12.1 Å². The molecular formula is C14H15N3O5. The molecule has 1 heterocycles. The van der Waals surface area contributed by atoms with Gasteiger partial charge in [0.25, 0.3) is 11.6 Å². The second-order valence-electron chi connectivity index (χ2n) is 5.00. The fourth-order valence-electron chi connectivity index (χ4n) is 2.52. The van der Waals surface area contributed by atoms with Crippen molar-refractivity contribution in [3.8, 4) is 0 Å². The number of carboxylic acids is 1. The number of benzene rings is 1. The number of carbonyl (C=O) groups is 2. The Hall–Kier alpha value is -2.90. The Bertz CT molecular complexity index is 778. The minimum atomic E-state index is -0.967. The van der Waals surface area contributed by atoms with Gasteiger partial charge in [0.15, 0.2) is 0 Å². The number of hydrogen-bond donors (Lipinski definition) is 3. The Labute approximate surface area is 125 Å². The van der Waals surface area contributed by atoms with Crippen LogP contribution in [-0.2, 0) is 11.2 Å². The smallest absolute Gasteiger partial charge is 0.303 e. The van der Waals surface area contributed by atoms with E-state index in [1.165, 1.54) is 6.07 Å². The first kappa shape index (κ1) is 15.5. The molecule has 0 radical (unpaired) electrons. The van der Waals surface area contributed by atoms with Gasteiger partial charge in [0.05, 0.1) is 15.8 Å². The highest BCUT2D eigenvalue weighted by Gasteiger charge is 2.24. The van der Waals surface area contributed by atoms with E-state index in [4.69, 9.17) is 10.8 Å². The van der Waals surface area contributed by atoms with Gasteiger partial charge in [-0.25, -0.2) is 0 Å². The average molecular weight is 305 g/mol. The summed E-state index contributed by atoms with van der Waals surface area (Å²) in [4.78, 5) is 35.8. The SMILES string of the molecule is Cc1ccc([N+](=O)[O-])c2c(CCCC(=O)O)c(C(N)=O)[nH]c12. The number of nitrogens with zero attached hydrogens (tertiary/aromatic N) is 1. The van der Waals surface area contributed by atoms with Crippen LogP contribution in [-0.4, -0.2) is 26.9 Å². The minimum Gasteiger partial charge on any atom is -0.481 e. The maximum absolute atomic E-state index is 11.6. The maximum Gasteiger partial charge on any atom is 0.303 e. The highest BCUT2D eigenvalue weighted by Crippen LogP contribution is 2.34. The van der Waals surface area contributed by atoms with Gasteiger partial charge >= 0.3 is 5.97 Å². The third-order valence-electron chi connectivity index (χ3n) is 3.51. The Morgan fingerprint density at radius 2 is 2.09 bits per heavy atom. The lowest BCUT2D eigenvalue weighted by atomic mass is 10.0. The summed E-state index contributed by atoms with van der Waals surface area (Å²) in [6, 6.07) is 2.96. The van der Waals surface area contributed by atoms with Crippen molar-refractivity contribution in [1.82, 2.24) is 4.98 Å². The highest BCUT2D eigenvalue weighted by molar-refractivity contribution is 6.04. The number of nitrogens with two attached hydrogens (primary N) is 1. The van der Waals surface area contributed by atoms with Crippen LogP contribution < -0.4 is 5.73 Å². The van der Waals surface area contributed by atoms with Crippen molar-refractivity contribution in [2.24, 2.45) is 5.73 Å². The molecule has 0 saturated carbocycles. The topological polar surface area (TPSA) is 139 Å². The summed E-state index contributed by atoms with van der Waals surface area (Å²) in [6.07, 6.45) is 0.382. The summed E-state index contributed by atoms with van der Waals surface area (Å²) in [5.41, 5.74) is 6.92. The van der Waals surface area contributed by atoms with Crippen molar-refractivity contribution in [2.75, 3.05) is 0 Å². The largest absolute Gasteiger partial charge is 0.481 e. The molecule has 22 heavy (non-hydrogen) atoms. The molecule has 0 aliphatic rings. The van der Waals surface area contributed by atoms with Crippen LogP contribution in [0.2, 0.25) is 0 Å². The quantitative estimate of drug-likeness (QED) is 0.552. The number of carbonyl (C=O) groups excluding carboxylic acids is 1. The third kappa shape index (κ3) is 2.76. The van der Waals surface area contributed by atoms with Gasteiger partial charge in [-0.2, -0.15) is 0 Å². The Morgan fingerprint density at radius 3 is 2.64 bits per heavy atom. The van der Waals surface area contributed by atoms with E-state index < -0.39 is 16.8 Å². The molecule has 0 saturated heterocycles. The van der Waals surface area contributed by atoms with Crippen LogP contribution in [0.25, 0.3) is 10.9 Å². The predicted octanol–water partition coefficient (Wildman–Crippen LogP) is 1.89. The molecule has 1 aromatic carbocycles. The Kier molecular flexibility index (Phi) is 4.11. The molecule has 8 heteroatoms. The summed E-state index contributed by atoms with van der Waals surface area (Å²) in [7, 11) is 0. The molecule has 2 aromatic rings. The zero-order valence-electron chi connectivity index (χ0n) is 11.9. The zero-order valence-corrected chi connectivity index (χ0v) is 11.9. The number of fused-ring (bicyclic) bond motifs is 1. The average Bonchev–Trinajstić information content (AvgIpc) is 2.79. The van der Waals surface area contributed by atoms with E-state index in [1.807, 2.05) is 0 Å². The number of aromatic nitrogens is 1. The van der Waals surface area contributed by atoms with E-state index >= 15 is 0 Å². The van der Waals surface area contributed by atoms with Crippen molar-refractivity contribution in [3.63, 3.8) is 0 Å². The Balaban J connectivity index is 2.65. The number of H-pyrrole nitrogens is 1. The monoisotopic (exact) mass is 305 g/mol. The van der Waals surface area contributed by atoms with Gasteiger partial charge in [0.1, 0.15) is 5.69 Å². The molecule has 0 spiro atoms. The van der Waals surface area contributed by atoms with Crippen LogP contribution in [0, 0.1) is 17.0 Å². The zero-order chi connectivity index (χ0) is 16.4. The van der Waals surface area contributed by atoms with E-state index in [1.54, 1.807) is 13.0 Å². The fraction of sp³-hybridized carbons (Fsp3) is 0.286. The maximum atomic E-state index is 11.6. The summed E-state index contributed by atoms with van der Waals surface area (Å²) in [6.45, 7) is 1.76. The molecule has 1 aromatic heterocycles. The Morgan fingerprint density at radius 1 is 1.41 bits per heavy atom. The van der Waals surface area contributed by atoms with Gasteiger partial charge in [0, 0.05) is 12.5 Å². The number of rotatable bonds is 6. The van der Waals surface area contributed by atoms with Crippen molar-refractivity contribution < 1.29 is 19.6 Å². The van der Waals surface area contributed by atoms with Crippen molar-refractivity contribution in [3.05, 3.63) is 39.1 Å². The summed E-state index contributed by atoms with van der Waals surface area (Å²) in [5.74, 6) is -1.69. The first-order valence-electron chi connectivity index (χ1n) is 6.63. The summed E-state index contributed by atoms with van der Waals surface area (Å²) in [5, 5.41) is 20.3. The van der Waals surface area contributed by atoms with E-state index in [-0.39, 0.29) is 30.6 Å². The molecule has 116 valence electrons. The number of non-ortho nitro benzene ring substituents is 1. The number of nitro groups is 1. The first-order chi connectivity index (χ1) is 10.3. The van der Waals surface area contributed by atoms with Crippen LogP contribution in [0.5, 0.6) is 0 Å². The molecule has 0 atom stereocenters. The van der Waals surface area contributed by atoms with Gasteiger partial charge in [-0.05, 0) is 30.9 Å². The lowest BCUT2D eigenvalue weighted by Gasteiger charge is -2.02. The number of carboxylic acid groups (broad SMARTS) is 1. The number of aromatic amines is 1. The van der Waals surface area contributed by atoms with Crippen molar-refractivity contribution >= 4 is 28.5 Å². The molecule has 0 aliphatic carbocycles. The standard InChI is InChI=1S/C14H15N3O5/c1-7-5-6-9(17(21)22)11-8(3-2-4-10(18)19)13(14(15)20)16-12(7)11/h5-6,16H,2-4H2,1H3,(H2,15,20)(H,18,19). The number of aryl methyl sites for hydroxylation is 2. The van der Waals surface area contributed by atoms with Crippen molar-refractivity contribution in [1.29, 1.82) is 0 Å². The fourth-order valence-corrected chi connectivity index (χ4v) is 2.52. The molecular weight excluding hydrogens is 290 g/mol. The predicted molar refractivity (Wildman–Crippen MR) is 78.8 cm³/mol. The van der Waals surface area contributed by atoms with Crippen LogP contribution in [0.4, 0.5) is 5.69 Å². The number of primary amides is 1. The van der Waals surface area contributed by atoms with Gasteiger partial charge in [-0.1, -0.05) is 6.07 Å². The summed E-state index contributed by atoms with van der Waals surface area (Å²) >= 11 is 0. The molecule has 0 bridgehead atoms.